The predicted octanol–water partition coefficient (Wildman–Crippen LogP) is 2.50. The molecule has 3 aromatic rings. The summed E-state index contributed by atoms with van der Waals surface area (Å²) in [5.41, 5.74) is 9.10. The SMILES string of the molecule is COc1cccc(C2(c3ccncc3)N=C(N)c3ncccc32)c1. The number of ether oxygens (including phenoxy) is 1. The van der Waals surface area contributed by atoms with Gasteiger partial charge in [-0.25, -0.2) is 4.99 Å². The Bertz CT molecular complexity index is 923. The van der Waals surface area contributed by atoms with E-state index >= 15 is 0 Å². The van der Waals surface area contributed by atoms with Crippen LogP contribution in [0.4, 0.5) is 0 Å². The largest absolute Gasteiger partial charge is 0.497 e. The van der Waals surface area contributed by atoms with Crippen LogP contribution in [-0.4, -0.2) is 22.9 Å². The maximum Gasteiger partial charge on any atom is 0.146 e. The van der Waals surface area contributed by atoms with E-state index in [1.807, 2.05) is 48.5 Å². The highest BCUT2D eigenvalue weighted by molar-refractivity contribution is 6.01. The molecule has 0 radical (unpaired) electrons. The standard InChI is InChI=1S/C19H16N4O/c1-24-15-5-2-4-14(12-15)19(13-7-10-21-11-8-13)16-6-3-9-22-17(16)18(20)23-19/h2-12H,1H3,(H2,20,23). The van der Waals surface area contributed by atoms with Gasteiger partial charge in [0.05, 0.1) is 7.11 Å². The Balaban J connectivity index is 2.06. The molecule has 0 bridgehead atoms. The number of nitrogens with two attached hydrogens (primary N) is 1. The number of fused-ring (bicyclic) bond motifs is 1. The van der Waals surface area contributed by atoms with Crippen molar-refractivity contribution in [3.63, 3.8) is 0 Å². The Labute approximate surface area is 139 Å². The minimum atomic E-state index is -0.745. The van der Waals surface area contributed by atoms with Crippen LogP contribution in [0.5, 0.6) is 5.75 Å². The quantitative estimate of drug-likeness (QED) is 0.805. The van der Waals surface area contributed by atoms with E-state index in [1.165, 1.54) is 0 Å². The fourth-order valence-electron chi connectivity index (χ4n) is 3.24. The van der Waals surface area contributed by atoms with E-state index in [0.717, 1.165) is 28.1 Å². The first kappa shape index (κ1) is 14.4. The zero-order chi connectivity index (χ0) is 16.6. The summed E-state index contributed by atoms with van der Waals surface area (Å²) in [5, 5.41) is 0. The van der Waals surface area contributed by atoms with Gasteiger partial charge in [-0.3, -0.25) is 9.97 Å². The molecule has 118 valence electrons. The number of aliphatic imine (C=N–C) groups is 1. The van der Waals surface area contributed by atoms with E-state index in [4.69, 9.17) is 15.5 Å². The third-order valence-corrected chi connectivity index (χ3v) is 4.31. The van der Waals surface area contributed by atoms with Crippen molar-refractivity contribution in [2.24, 2.45) is 10.7 Å². The first-order valence-corrected chi connectivity index (χ1v) is 7.62. The number of hydrogen-bond donors (Lipinski definition) is 1. The first-order chi connectivity index (χ1) is 11.8. The summed E-state index contributed by atoms with van der Waals surface area (Å²) in [6.45, 7) is 0. The molecule has 1 atom stereocenters. The highest BCUT2D eigenvalue weighted by Gasteiger charge is 2.43. The maximum absolute atomic E-state index is 6.21. The third-order valence-electron chi connectivity index (χ3n) is 4.31. The second-order valence-electron chi connectivity index (χ2n) is 5.57. The molecule has 3 heterocycles. The molecule has 5 nitrogen and oxygen atoms in total. The Hall–Kier alpha value is -3.21. The molecular weight excluding hydrogens is 300 g/mol. The number of pyridine rings is 2. The molecule has 0 amide bonds. The molecule has 1 unspecified atom stereocenters. The smallest absolute Gasteiger partial charge is 0.146 e. The summed E-state index contributed by atoms with van der Waals surface area (Å²) in [7, 11) is 1.65. The molecule has 1 aliphatic rings. The molecule has 0 aliphatic carbocycles. The lowest BCUT2D eigenvalue weighted by molar-refractivity contribution is 0.413. The van der Waals surface area contributed by atoms with Gasteiger partial charge in [0.2, 0.25) is 0 Å². The number of amidine groups is 1. The summed E-state index contributed by atoms with van der Waals surface area (Å²) in [6, 6.07) is 15.7. The van der Waals surface area contributed by atoms with Crippen molar-refractivity contribution in [1.82, 2.24) is 9.97 Å². The van der Waals surface area contributed by atoms with Crippen LogP contribution in [0.25, 0.3) is 0 Å². The lowest BCUT2D eigenvalue weighted by Gasteiger charge is -2.28. The summed E-state index contributed by atoms with van der Waals surface area (Å²) in [6.07, 6.45) is 5.25. The summed E-state index contributed by atoms with van der Waals surface area (Å²) >= 11 is 0. The van der Waals surface area contributed by atoms with E-state index < -0.39 is 5.54 Å². The molecule has 4 rings (SSSR count). The van der Waals surface area contributed by atoms with Crippen LogP contribution in [0.2, 0.25) is 0 Å². The number of hydrogen-bond acceptors (Lipinski definition) is 5. The Morgan fingerprint density at radius 3 is 2.58 bits per heavy atom. The van der Waals surface area contributed by atoms with Crippen LogP contribution in [-0.2, 0) is 5.54 Å². The van der Waals surface area contributed by atoms with Crippen LogP contribution in [0.3, 0.4) is 0 Å². The zero-order valence-electron chi connectivity index (χ0n) is 13.2. The van der Waals surface area contributed by atoms with Crippen molar-refractivity contribution in [3.05, 3.63) is 89.5 Å². The molecule has 1 aliphatic heterocycles. The van der Waals surface area contributed by atoms with Crippen LogP contribution in [0.15, 0.2) is 72.1 Å². The summed E-state index contributed by atoms with van der Waals surface area (Å²) < 4.78 is 5.40. The Kier molecular flexibility index (Phi) is 3.27. The molecule has 0 saturated heterocycles. The normalized spacial score (nSPS) is 18.8. The van der Waals surface area contributed by atoms with E-state index in [2.05, 4.69) is 9.97 Å². The highest BCUT2D eigenvalue weighted by Crippen LogP contribution is 2.45. The van der Waals surface area contributed by atoms with E-state index in [9.17, 15) is 0 Å². The molecule has 2 N–H and O–H groups in total. The minimum Gasteiger partial charge on any atom is -0.497 e. The molecule has 1 aromatic carbocycles. The summed E-state index contributed by atoms with van der Waals surface area (Å²) in [5.74, 6) is 1.21. The van der Waals surface area contributed by atoms with Crippen LogP contribution >= 0.6 is 0 Å². The fourth-order valence-corrected chi connectivity index (χ4v) is 3.24. The van der Waals surface area contributed by atoms with Crippen LogP contribution in [0.1, 0.15) is 22.4 Å². The van der Waals surface area contributed by atoms with Gasteiger partial charge in [-0.2, -0.15) is 0 Å². The number of nitrogens with zero attached hydrogens (tertiary/aromatic N) is 3. The molecule has 0 fully saturated rings. The zero-order valence-corrected chi connectivity index (χ0v) is 13.2. The highest BCUT2D eigenvalue weighted by atomic mass is 16.5. The second-order valence-corrected chi connectivity index (χ2v) is 5.57. The van der Waals surface area contributed by atoms with Crippen molar-refractivity contribution < 1.29 is 4.74 Å². The van der Waals surface area contributed by atoms with E-state index in [-0.39, 0.29) is 0 Å². The third kappa shape index (κ3) is 1.98. The minimum absolute atomic E-state index is 0.435. The van der Waals surface area contributed by atoms with Crippen molar-refractivity contribution in [1.29, 1.82) is 0 Å². The van der Waals surface area contributed by atoms with Gasteiger partial charge < -0.3 is 10.5 Å². The van der Waals surface area contributed by atoms with Gasteiger partial charge in [-0.05, 0) is 41.5 Å². The van der Waals surface area contributed by atoms with Gasteiger partial charge in [0.25, 0.3) is 0 Å². The van der Waals surface area contributed by atoms with Crippen LogP contribution in [0, 0.1) is 0 Å². The van der Waals surface area contributed by atoms with Gasteiger partial charge in [-0.1, -0.05) is 18.2 Å². The van der Waals surface area contributed by atoms with Crippen molar-refractivity contribution in [3.8, 4) is 5.75 Å². The number of benzene rings is 1. The Morgan fingerprint density at radius 1 is 0.958 bits per heavy atom. The van der Waals surface area contributed by atoms with Gasteiger partial charge >= 0.3 is 0 Å². The Morgan fingerprint density at radius 2 is 1.79 bits per heavy atom. The average molecular weight is 316 g/mol. The van der Waals surface area contributed by atoms with Gasteiger partial charge in [0.15, 0.2) is 0 Å². The molecule has 2 aromatic heterocycles. The first-order valence-electron chi connectivity index (χ1n) is 7.62. The molecule has 24 heavy (non-hydrogen) atoms. The monoisotopic (exact) mass is 316 g/mol. The van der Waals surface area contributed by atoms with E-state index in [0.29, 0.717) is 5.84 Å². The molecule has 0 saturated carbocycles. The van der Waals surface area contributed by atoms with Gasteiger partial charge in [-0.15, -0.1) is 0 Å². The molecular formula is C19H16N4O. The number of methoxy groups -OCH3 is 1. The number of aromatic nitrogens is 2. The van der Waals surface area contributed by atoms with Crippen molar-refractivity contribution in [2.75, 3.05) is 7.11 Å². The van der Waals surface area contributed by atoms with Crippen molar-refractivity contribution >= 4 is 5.84 Å². The molecule has 0 spiro atoms. The van der Waals surface area contributed by atoms with E-state index in [1.54, 1.807) is 25.7 Å². The van der Waals surface area contributed by atoms with Crippen molar-refractivity contribution in [2.45, 2.75) is 5.54 Å². The lowest BCUT2D eigenvalue weighted by Crippen LogP contribution is -2.25. The molecule has 5 heteroatoms. The van der Waals surface area contributed by atoms with Crippen LogP contribution < -0.4 is 10.5 Å². The van der Waals surface area contributed by atoms with Gasteiger partial charge in [0.1, 0.15) is 22.8 Å². The number of rotatable bonds is 3. The second kappa shape index (κ2) is 5.45. The fraction of sp³-hybridized carbons (Fsp3) is 0.105. The maximum atomic E-state index is 6.21. The lowest BCUT2D eigenvalue weighted by atomic mass is 9.79. The topological polar surface area (TPSA) is 73.4 Å². The predicted molar refractivity (Wildman–Crippen MR) is 92.1 cm³/mol. The average Bonchev–Trinajstić information content (AvgIpc) is 2.97. The van der Waals surface area contributed by atoms with Gasteiger partial charge in [0, 0.05) is 24.2 Å². The summed E-state index contributed by atoms with van der Waals surface area (Å²) in [4.78, 5) is 13.4.